The summed E-state index contributed by atoms with van der Waals surface area (Å²) in [6.45, 7) is 0. The van der Waals surface area contributed by atoms with Crippen LogP contribution in [-0.4, -0.2) is 0 Å². The fraction of sp³-hybridized carbons (Fsp3) is 0.455. The zero-order valence-electron chi connectivity index (χ0n) is 13.2. The summed E-state index contributed by atoms with van der Waals surface area (Å²) in [6.07, 6.45) is 10.1. The number of hydrogen-bond donors (Lipinski definition) is 0. The van der Waals surface area contributed by atoms with E-state index in [0.29, 0.717) is 5.41 Å². The van der Waals surface area contributed by atoms with E-state index in [4.69, 9.17) is 0 Å². The van der Waals surface area contributed by atoms with Gasteiger partial charge in [-0.25, -0.2) is 0 Å². The Morgan fingerprint density at radius 2 is 1.23 bits per heavy atom. The molecule has 2 aromatic rings. The Morgan fingerprint density at radius 1 is 0.682 bits per heavy atom. The van der Waals surface area contributed by atoms with Gasteiger partial charge in [0.2, 0.25) is 0 Å². The lowest BCUT2D eigenvalue weighted by Crippen LogP contribution is -2.34. The fourth-order valence-electron chi connectivity index (χ4n) is 5.93. The summed E-state index contributed by atoms with van der Waals surface area (Å²) in [5.41, 5.74) is 6.66. The van der Waals surface area contributed by atoms with Crippen LogP contribution in [0.15, 0.2) is 48.5 Å². The summed E-state index contributed by atoms with van der Waals surface area (Å²) in [5.74, 6) is 1.79. The van der Waals surface area contributed by atoms with Crippen molar-refractivity contribution >= 4 is 0 Å². The molecule has 0 N–H and O–H groups in total. The molecule has 112 valence electrons. The first kappa shape index (κ1) is 12.9. The highest BCUT2D eigenvalue weighted by molar-refractivity contribution is 5.81. The van der Waals surface area contributed by atoms with Crippen molar-refractivity contribution in [3.8, 4) is 11.1 Å². The number of hydrogen-bond acceptors (Lipinski definition) is 0. The van der Waals surface area contributed by atoms with Gasteiger partial charge in [-0.1, -0.05) is 74.2 Å². The van der Waals surface area contributed by atoms with E-state index < -0.39 is 0 Å². The monoisotopic (exact) mass is 288 g/mol. The van der Waals surface area contributed by atoms with Gasteiger partial charge in [-0.05, 0) is 53.4 Å². The lowest BCUT2D eigenvalue weighted by atomic mass is 9.64. The molecule has 3 aliphatic carbocycles. The summed E-state index contributed by atoms with van der Waals surface area (Å²) in [5, 5.41) is 0. The van der Waals surface area contributed by atoms with Crippen molar-refractivity contribution < 1.29 is 0 Å². The third kappa shape index (κ3) is 1.59. The molecule has 0 amide bonds. The first-order chi connectivity index (χ1) is 10.9. The van der Waals surface area contributed by atoms with Crippen LogP contribution in [0.2, 0.25) is 0 Å². The van der Waals surface area contributed by atoms with E-state index in [9.17, 15) is 0 Å². The quantitative estimate of drug-likeness (QED) is 0.562. The first-order valence-corrected chi connectivity index (χ1v) is 9.09. The van der Waals surface area contributed by atoms with Gasteiger partial charge in [-0.2, -0.15) is 0 Å². The van der Waals surface area contributed by atoms with E-state index in [0.717, 1.165) is 11.8 Å². The van der Waals surface area contributed by atoms with Crippen LogP contribution in [0.5, 0.6) is 0 Å². The Labute approximate surface area is 133 Å². The van der Waals surface area contributed by atoms with Crippen molar-refractivity contribution in [2.45, 2.75) is 50.4 Å². The van der Waals surface area contributed by atoms with Crippen LogP contribution >= 0.6 is 0 Å². The Bertz CT molecular complexity index is 656. The van der Waals surface area contributed by atoms with Crippen molar-refractivity contribution in [1.82, 2.24) is 0 Å². The third-order valence-electron chi connectivity index (χ3n) is 6.74. The predicted molar refractivity (Wildman–Crippen MR) is 92.0 cm³/mol. The van der Waals surface area contributed by atoms with Gasteiger partial charge in [-0.3, -0.25) is 0 Å². The zero-order valence-corrected chi connectivity index (χ0v) is 13.2. The van der Waals surface area contributed by atoms with E-state index in [2.05, 4.69) is 48.5 Å². The minimum atomic E-state index is 0.324. The minimum Gasteiger partial charge on any atom is -0.0619 e. The third-order valence-corrected chi connectivity index (χ3v) is 6.74. The standard InChI is InChI=1S/C22H24/c1-3-13-20-18(11-1)19-12-2-4-14-21(19)22(20)15-16-7-5-9-17(22)10-6-8-16/h1-4,11-14,16-17H,5-10,15H2. The average Bonchev–Trinajstić information content (AvgIpc) is 2.68. The summed E-state index contributed by atoms with van der Waals surface area (Å²) >= 11 is 0. The normalized spacial score (nSPS) is 28.0. The molecule has 2 saturated carbocycles. The van der Waals surface area contributed by atoms with Crippen molar-refractivity contribution in [3.63, 3.8) is 0 Å². The second kappa shape index (κ2) is 4.72. The van der Waals surface area contributed by atoms with E-state index in [1.165, 1.54) is 56.1 Å². The zero-order chi connectivity index (χ0) is 14.6. The van der Waals surface area contributed by atoms with Crippen molar-refractivity contribution in [1.29, 1.82) is 0 Å². The Kier molecular flexibility index (Phi) is 2.77. The van der Waals surface area contributed by atoms with Gasteiger partial charge in [0, 0.05) is 5.41 Å². The van der Waals surface area contributed by atoms with E-state index in [-0.39, 0.29) is 0 Å². The highest BCUT2D eigenvalue weighted by Gasteiger charge is 2.50. The van der Waals surface area contributed by atoms with Gasteiger partial charge < -0.3 is 0 Å². The first-order valence-electron chi connectivity index (χ1n) is 9.09. The van der Waals surface area contributed by atoms with Gasteiger partial charge in [-0.15, -0.1) is 0 Å². The largest absolute Gasteiger partial charge is 0.0619 e. The molecule has 2 fully saturated rings. The summed E-state index contributed by atoms with van der Waals surface area (Å²) in [6, 6.07) is 18.6. The molecule has 2 bridgehead atoms. The molecule has 0 atom stereocenters. The molecule has 0 radical (unpaired) electrons. The molecule has 0 saturated heterocycles. The molecule has 5 rings (SSSR count). The molecule has 0 heteroatoms. The van der Waals surface area contributed by atoms with Gasteiger partial charge in [0.15, 0.2) is 0 Å². The second-order valence-electron chi connectivity index (χ2n) is 7.69. The van der Waals surface area contributed by atoms with Gasteiger partial charge >= 0.3 is 0 Å². The van der Waals surface area contributed by atoms with Crippen LogP contribution in [0.4, 0.5) is 0 Å². The predicted octanol–water partition coefficient (Wildman–Crippen LogP) is 5.94. The SMILES string of the molecule is c1ccc2c(c1)-c1ccccc1C21CC2CCCC1CCC2. The van der Waals surface area contributed by atoms with Crippen LogP contribution in [0.25, 0.3) is 11.1 Å². The molecular formula is C22H24. The number of fused-ring (bicyclic) bond motifs is 4. The molecule has 3 aliphatic rings. The molecule has 22 heavy (non-hydrogen) atoms. The lowest BCUT2D eigenvalue weighted by Gasteiger charge is -2.38. The maximum Gasteiger partial charge on any atom is 0.0246 e. The maximum absolute atomic E-state index is 2.44. The molecule has 0 unspecified atom stereocenters. The van der Waals surface area contributed by atoms with Crippen LogP contribution < -0.4 is 0 Å². The fourth-order valence-corrected chi connectivity index (χ4v) is 5.93. The van der Waals surface area contributed by atoms with E-state index in [1.807, 2.05) is 0 Å². The van der Waals surface area contributed by atoms with E-state index >= 15 is 0 Å². The van der Waals surface area contributed by atoms with Crippen LogP contribution in [-0.2, 0) is 5.41 Å². The minimum absolute atomic E-state index is 0.324. The van der Waals surface area contributed by atoms with Crippen LogP contribution in [0.3, 0.4) is 0 Å². The Morgan fingerprint density at radius 3 is 1.82 bits per heavy atom. The smallest absolute Gasteiger partial charge is 0.0246 e. The van der Waals surface area contributed by atoms with Crippen LogP contribution in [0.1, 0.15) is 56.1 Å². The van der Waals surface area contributed by atoms with Gasteiger partial charge in [0.1, 0.15) is 0 Å². The molecule has 0 heterocycles. The number of benzene rings is 2. The molecule has 2 aromatic carbocycles. The molecule has 1 spiro atoms. The van der Waals surface area contributed by atoms with Crippen molar-refractivity contribution in [2.75, 3.05) is 0 Å². The van der Waals surface area contributed by atoms with Gasteiger partial charge in [0.25, 0.3) is 0 Å². The number of rotatable bonds is 0. The van der Waals surface area contributed by atoms with Crippen LogP contribution in [0, 0.1) is 11.8 Å². The van der Waals surface area contributed by atoms with Crippen molar-refractivity contribution in [3.05, 3.63) is 59.7 Å². The summed E-state index contributed by atoms with van der Waals surface area (Å²) in [4.78, 5) is 0. The summed E-state index contributed by atoms with van der Waals surface area (Å²) < 4.78 is 0. The maximum atomic E-state index is 2.44. The molecule has 0 nitrogen and oxygen atoms in total. The average molecular weight is 288 g/mol. The molecular weight excluding hydrogens is 264 g/mol. The molecule has 0 aliphatic heterocycles. The highest BCUT2D eigenvalue weighted by Crippen LogP contribution is 2.60. The van der Waals surface area contributed by atoms with Crippen molar-refractivity contribution in [2.24, 2.45) is 11.8 Å². The topological polar surface area (TPSA) is 0 Å². The summed E-state index contributed by atoms with van der Waals surface area (Å²) in [7, 11) is 0. The molecule has 0 aromatic heterocycles. The van der Waals surface area contributed by atoms with Gasteiger partial charge in [0.05, 0.1) is 0 Å². The Balaban J connectivity index is 1.83. The highest BCUT2D eigenvalue weighted by atomic mass is 14.5. The Hall–Kier alpha value is -1.56. The second-order valence-corrected chi connectivity index (χ2v) is 7.69. The van der Waals surface area contributed by atoms with E-state index in [1.54, 1.807) is 11.1 Å². The lowest BCUT2D eigenvalue weighted by molar-refractivity contribution is 0.295.